The summed E-state index contributed by atoms with van der Waals surface area (Å²) >= 11 is 0. The van der Waals surface area contributed by atoms with Crippen molar-refractivity contribution in [3.05, 3.63) is 108 Å². The summed E-state index contributed by atoms with van der Waals surface area (Å²) in [5.41, 5.74) is 10.9. The molecule has 0 aliphatic carbocycles. The zero-order valence-corrected chi connectivity index (χ0v) is 23.8. The number of anilines is 2. The number of methoxy groups -OCH3 is 1. The van der Waals surface area contributed by atoms with Gasteiger partial charge in [0, 0.05) is 30.8 Å². The van der Waals surface area contributed by atoms with E-state index in [2.05, 4.69) is 35.9 Å². The molecule has 0 spiro atoms. The fourth-order valence-electron chi connectivity index (χ4n) is 3.96. The molecule has 0 saturated carbocycles. The first kappa shape index (κ1) is 34.4. The summed E-state index contributed by atoms with van der Waals surface area (Å²) < 4.78 is 19.5. The van der Waals surface area contributed by atoms with Crippen molar-refractivity contribution < 1.29 is 28.6 Å². The predicted molar refractivity (Wildman–Crippen MR) is 163 cm³/mol. The number of aromatic nitrogens is 5. The highest BCUT2D eigenvalue weighted by Crippen LogP contribution is 2.16. The van der Waals surface area contributed by atoms with Crippen LogP contribution in [0.1, 0.15) is 68.4 Å². The van der Waals surface area contributed by atoms with Crippen LogP contribution in [-0.2, 0) is 17.8 Å². The highest BCUT2D eigenvalue weighted by molar-refractivity contribution is 5.95. The molecule has 5 rings (SSSR count). The molecule has 0 saturated heterocycles. The van der Waals surface area contributed by atoms with Gasteiger partial charge in [0.05, 0.1) is 12.7 Å². The van der Waals surface area contributed by atoms with Crippen molar-refractivity contribution in [1.29, 1.82) is 0 Å². The van der Waals surface area contributed by atoms with E-state index in [1.807, 2.05) is 19.1 Å². The number of carboxylic acid groups (broad SMARTS) is 1. The Bertz CT molecular complexity index is 1970. The third kappa shape index (κ3) is 7.51. The number of halogens is 1. The van der Waals surface area contributed by atoms with Gasteiger partial charge in [0.15, 0.2) is 5.69 Å². The molecule has 1 amide bonds. The molecule has 7 N–H and O–H groups in total. The smallest absolute Gasteiger partial charge is 0.354 e. The first-order valence-corrected chi connectivity index (χ1v) is 13.1. The van der Waals surface area contributed by atoms with Gasteiger partial charge in [-0.3, -0.25) is 14.4 Å². The molecule has 46 heavy (non-hydrogen) atoms. The van der Waals surface area contributed by atoms with Gasteiger partial charge in [-0.15, -0.1) is 0 Å². The number of carbonyl (C=O) groups excluding carboxylic acids is 2. The molecule has 3 aromatic carbocycles. The van der Waals surface area contributed by atoms with Crippen LogP contribution in [0.25, 0.3) is 5.78 Å². The summed E-state index contributed by atoms with van der Waals surface area (Å²) in [6.07, 6.45) is 0. The number of aromatic carboxylic acids is 1. The summed E-state index contributed by atoms with van der Waals surface area (Å²) in [6, 6.07) is 12.2. The maximum atomic E-state index is 14.1. The van der Waals surface area contributed by atoms with Gasteiger partial charge in [-0.05, 0) is 52.7 Å². The van der Waals surface area contributed by atoms with E-state index in [0.717, 1.165) is 16.1 Å². The predicted octanol–water partition coefficient (Wildman–Crippen LogP) is 1.21. The molecular weight excluding hydrogens is 605 g/mol. The Morgan fingerprint density at radius 1 is 1.07 bits per heavy atom. The van der Waals surface area contributed by atoms with Crippen LogP contribution in [0.5, 0.6) is 0 Å². The van der Waals surface area contributed by atoms with E-state index < -0.39 is 28.6 Å². The van der Waals surface area contributed by atoms with Gasteiger partial charge >= 0.3 is 11.9 Å². The molecular formula is C29H30FN9O7. The Labute approximate surface area is 259 Å². The fraction of sp³-hybridized carbons (Fsp3) is 0.207. The normalized spacial score (nSPS) is 11.1. The molecule has 0 radical (unpaired) electrons. The molecule has 2 aromatic heterocycles. The van der Waals surface area contributed by atoms with Crippen LogP contribution < -0.4 is 33.0 Å². The zero-order valence-electron chi connectivity index (χ0n) is 23.8. The van der Waals surface area contributed by atoms with Crippen molar-refractivity contribution in [3.63, 3.8) is 0 Å². The van der Waals surface area contributed by atoms with E-state index in [1.165, 1.54) is 25.3 Å². The highest BCUT2D eigenvalue weighted by Gasteiger charge is 2.19. The molecule has 5 aromatic rings. The number of amides is 1. The standard InChI is InChI=1S/C18H13FN8O5.C10H13NO2.CH4/c19-9-2-1-7(3-8(9)6-21-13-12(20)14(28)15(13)29)5-22-16(30)10-4-11(17(31)32)27-18(23-10)24-25-26-27;1-7(11)8-3-5-9(6-4-8)10(12)13-2;/h1-4,21H,5-6,20H2,(H,22,30)(H,31,32);3-7H,11H2,1-2H3;1H4/t;7-;/m.1./s1. The topological polar surface area (TPSA) is 247 Å². The number of hydrogen-bond donors (Lipinski definition) is 5. The number of fused-ring (bicyclic) bond motifs is 1. The van der Waals surface area contributed by atoms with Crippen molar-refractivity contribution >= 4 is 35.0 Å². The van der Waals surface area contributed by atoms with Gasteiger partial charge in [0.1, 0.15) is 22.9 Å². The summed E-state index contributed by atoms with van der Waals surface area (Å²) in [5, 5.41) is 24.8. The van der Waals surface area contributed by atoms with E-state index in [1.54, 1.807) is 12.1 Å². The molecule has 1 atom stereocenters. The summed E-state index contributed by atoms with van der Waals surface area (Å²) in [7, 11) is 1.36. The van der Waals surface area contributed by atoms with Gasteiger partial charge < -0.3 is 31.9 Å². The monoisotopic (exact) mass is 635 g/mol. The molecule has 0 bridgehead atoms. The van der Waals surface area contributed by atoms with Crippen LogP contribution >= 0.6 is 0 Å². The van der Waals surface area contributed by atoms with Crippen molar-refractivity contribution in [3.8, 4) is 0 Å². The van der Waals surface area contributed by atoms with Gasteiger partial charge in [-0.2, -0.15) is 4.52 Å². The largest absolute Gasteiger partial charge is 0.477 e. The first-order chi connectivity index (χ1) is 21.4. The SMILES string of the molecule is C.COC(=O)c1ccc([C@@H](C)N)cc1.Nc1c(NCc2cc(CNC(=O)c3cc(C(=O)O)n4nnnc4n3)ccc2F)c(=O)c1=O. The molecule has 0 fully saturated rings. The van der Waals surface area contributed by atoms with E-state index in [-0.39, 0.29) is 66.6 Å². The van der Waals surface area contributed by atoms with E-state index >= 15 is 0 Å². The lowest BCUT2D eigenvalue weighted by atomic mass is 10.1. The number of nitrogen functional groups attached to an aromatic ring is 1. The molecule has 0 unspecified atom stereocenters. The summed E-state index contributed by atoms with van der Waals surface area (Å²) in [5.74, 6) is -3.10. The second-order valence-electron chi connectivity index (χ2n) is 9.53. The number of nitrogens with one attached hydrogen (secondary N) is 2. The Kier molecular flexibility index (Phi) is 10.9. The second kappa shape index (κ2) is 14.6. The van der Waals surface area contributed by atoms with Crippen LogP contribution in [0.3, 0.4) is 0 Å². The van der Waals surface area contributed by atoms with Gasteiger partial charge in [0.2, 0.25) is 0 Å². The van der Waals surface area contributed by atoms with Crippen molar-refractivity contribution in [2.24, 2.45) is 5.73 Å². The minimum atomic E-state index is -1.35. The van der Waals surface area contributed by atoms with Crippen molar-refractivity contribution in [2.75, 3.05) is 18.2 Å². The zero-order chi connectivity index (χ0) is 32.8. The minimum absolute atomic E-state index is 0. The molecule has 0 aliphatic rings. The Balaban J connectivity index is 0.000000347. The lowest BCUT2D eigenvalue weighted by molar-refractivity contribution is 0.0599. The van der Waals surface area contributed by atoms with E-state index in [4.69, 9.17) is 11.5 Å². The number of benzene rings is 2. The Morgan fingerprint density at radius 2 is 1.76 bits per heavy atom. The summed E-state index contributed by atoms with van der Waals surface area (Å²) in [4.78, 5) is 61.4. The quantitative estimate of drug-likeness (QED) is 0.113. The lowest BCUT2D eigenvalue weighted by Gasteiger charge is -2.12. The van der Waals surface area contributed by atoms with Gasteiger partial charge in [-0.1, -0.05) is 30.7 Å². The Hall–Kier alpha value is -6.10. The highest BCUT2D eigenvalue weighted by atomic mass is 19.1. The minimum Gasteiger partial charge on any atom is -0.477 e. The van der Waals surface area contributed by atoms with Crippen molar-refractivity contribution in [1.82, 2.24) is 30.3 Å². The molecule has 2 heterocycles. The number of carboxylic acids is 1. The third-order valence-corrected chi connectivity index (χ3v) is 6.45. The maximum absolute atomic E-state index is 14.1. The van der Waals surface area contributed by atoms with Crippen LogP contribution in [0, 0.1) is 5.82 Å². The number of nitrogens with zero attached hydrogens (tertiary/aromatic N) is 5. The average molecular weight is 636 g/mol. The van der Waals surface area contributed by atoms with E-state index in [9.17, 15) is 33.5 Å². The lowest BCUT2D eigenvalue weighted by Crippen LogP contribution is -2.37. The maximum Gasteiger partial charge on any atom is 0.354 e. The molecule has 240 valence electrons. The van der Waals surface area contributed by atoms with Crippen LogP contribution in [0.2, 0.25) is 0 Å². The van der Waals surface area contributed by atoms with E-state index in [0.29, 0.717) is 11.1 Å². The fourth-order valence-corrected chi connectivity index (χ4v) is 3.96. The Morgan fingerprint density at radius 3 is 2.37 bits per heavy atom. The van der Waals surface area contributed by atoms with Crippen LogP contribution in [-0.4, -0.2) is 55.1 Å². The number of nitrogens with two attached hydrogens (primary N) is 2. The number of esters is 1. The molecule has 17 heteroatoms. The van der Waals surface area contributed by atoms with Gasteiger partial charge in [0.25, 0.3) is 22.5 Å². The molecule has 16 nitrogen and oxygen atoms in total. The first-order valence-electron chi connectivity index (χ1n) is 13.1. The van der Waals surface area contributed by atoms with Gasteiger partial charge in [-0.25, -0.2) is 19.0 Å². The average Bonchev–Trinajstić information content (AvgIpc) is 3.52. The number of rotatable bonds is 9. The number of ether oxygens (including phenoxy) is 1. The summed E-state index contributed by atoms with van der Waals surface area (Å²) in [6.45, 7) is 1.75. The third-order valence-electron chi connectivity index (χ3n) is 6.45. The van der Waals surface area contributed by atoms with Crippen LogP contribution in [0.4, 0.5) is 15.8 Å². The van der Waals surface area contributed by atoms with Crippen LogP contribution in [0.15, 0.2) is 58.1 Å². The number of tetrazole rings is 1. The number of hydrogen-bond acceptors (Lipinski definition) is 13. The second-order valence-corrected chi connectivity index (χ2v) is 9.53. The number of carbonyl (C=O) groups is 3. The molecule has 0 aliphatic heterocycles. The van der Waals surface area contributed by atoms with Crippen molar-refractivity contribution in [2.45, 2.75) is 33.5 Å².